The molecule has 0 saturated carbocycles. The van der Waals surface area contributed by atoms with E-state index >= 15 is 0 Å². The second kappa shape index (κ2) is 7.37. The Balaban J connectivity index is 2.12. The number of hydrogen-bond donors (Lipinski definition) is 2. The summed E-state index contributed by atoms with van der Waals surface area (Å²) >= 11 is 0. The van der Waals surface area contributed by atoms with Gasteiger partial charge in [-0.05, 0) is 32.9 Å². The second-order valence-corrected chi connectivity index (χ2v) is 5.38. The molecule has 0 unspecified atom stereocenters. The van der Waals surface area contributed by atoms with Gasteiger partial charge in [0.2, 0.25) is 5.91 Å². The van der Waals surface area contributed by atoms with Crippen molar-refractivity contribution in [3.05, 3.63) is 46.5 Å². The number of amides is 1. The van der Waals surface area contributed by atoms with Crippen LogP contribution in [0.5, 0.6) is 5.75 Å². The number of carbonyl (C=O) groups excluding carboxylic acids is 1. The molecule has 5 nitrogen and oxygen atoms in total. The normalized spacial score (nSPS) is 12.3. The van der Waals surface area contributed by atoms with E-state index in [9.17, 15) is 18.0 Å². The predicted molar refractivity (Wildman–Crippen MR) is 81.4 cm³/mol. The maximum Gasteiger partial charge on any atom is 0.387 e. The zero-order valence-electron chi connectivity index (χ0n) is 13.5. The first-order valence-electron chi connectivity index (χ1n) is 7.32. The van der Waals surface area contributed by atoms with Crippen LogP contribution in [0, 0.1) is 19.7 Å². The van der Waals surface area contributed by atoms with E-state index in [-0.39, 0.29) is 23.8 Å². The van der Waals surface area contributed by atoms with Crippen LogP contribution in [-0.4, -0.2) is 22.7 Å². The minimum Gasteiger partial charge on any atom is -0.434 e. The van der Waals surface area contributed by atoms with Crippen LogP contribution in [0.3, 0.4) is 0 Å². The molecule has 0 saturated heterocycles. The van der Waals surface area contributed by atoms with Gasteiger partial charge in [0.05, 0.1) is 11.6 Å². The molecule has 0 aliphatic heterocycles. The molecule has 130 valence electrons. The van der Waals surface area contributed by atoms with E-state index in [2.05, 4.69) is 20.3 Å². The lowest BCUT2D eigenvalue weighted by Gasteiger charge is -2.15. The summed E-state index contributed by atoms with van der Waals surface area (Å²) in [4.78, 5) is 12.3. The highest BCUT2D eigenvalue weighted by atomic mass is 19.3. The molecule has 1 heterocycles. The lowest BCUT2D eigenvalue weighted by Crippen LogP contribution is -2.28. The van der Waals surface area contributed by atoms with E-state index in [0.29, 0.717) is 5.69 Å². The highest BCUT2D eigenvalue weighted by Gasteiger charge is 2.22. The number of hydrogen-bond acceptors (Lipinski definition) is 3. The number of aryl methyl sites for hydroxylation is 2. The monoisotopic (exact) mass is 341 g/mol. The molecule has 2 aromatic rings. The first-order valence-corrected chi connectivity index (χ1v) is 7.32. The Morgan fingerprint density at radius 3 is 2.67 bits per heavy atom. The Morgan fingerprint density at radius 2 is 2.08 bits per heavy atom. The smallest absolute Gasteiger partial charge is 0.387 e. The van der Waals surface area contributed by atoms with Crippen LogP contribution < -0.4 is 10.1 Å². The Morgan fingerprint density at radius 1 is 1.38 bits per heavy atom. The van der Waals surface area contributed by atoms with Crippen molar-refractivity contribution in [2.75, 3.05) is 0 Å². The molecular formula is C16H18F3N3O2. The molecule has 2 rings (SSSR count). The van der Waals surface area contributed by atoms with Gasteiger partial charge in [-0.1, -0.05) is 6.07 Å². The van der Waals surface area contributed by atoms with Gasteiger partial charge in [0.25, 0.3) is 0 Å². The van der Waals surface area contributed by atoms with Crippen LogP contribution in [0.25, 0.3) is 0 Å². The van der Waals surface area contributed by atoms with Crippen LogP contribution in [0.2, 0.25) is 0 Å². The van der Waals surface area contributed by atoms with Crippen molar-refractivity contribution in [2.45, 2.75) is 39.8 Å². The number of aromatic amines is 1. The summed E-state index contributed by atoms with van der Waals surface area (Å²) in [6.07, 6.45) is 0. The van der Waals surface area contributed by atoms with Gasteiger partial charge in [-0.3, -0.25) is 9.89 Å². The number of benzene rings is 1. The first-order chi connectivity index (χ1) is 11.3. The van der Waals surface area contributed by atoms with Crippen molar-refractivity contribution < 1.29 is 22.7 Å². The number of nitrogens with one attached hydrogen (secondary N) is 2. The molecule has 2 N–H and O–H groups in total. The summed E-state index contributed by atoms with van der Waals surface area (Å²) in [5, 5.41) is 9.37. The van der Waals surface area contributed by atoms with Crippen LogP contribution in [0.15, 0.2) is 18.2 Å². The summed E-state index contributed by atoms with van der Waals surface area (Å²) in [7, 11) is 0. The lowest BCUT2D eigenvalue weighted by molar-refractivity contribution is -0.122. The molecule has 0 aliphatic carbocycles. The molecule has 24 heavy (non-hydrogen) atoms. The number of ether oxygens (including phenoxy) is 1. The first kappa shape index (κ1) is 17.8. The number of carbonyl (C=O) groups is 1. The minimum absolute atomic E-state index is 0.126. The zero-order valence-corrected chi connectivity index (χ0v) is 13.5. The van der Waals surface area contributed by atoms with Gasteiger partial charge in [-0.15, -0.1) is 0 Å². The Labute approximate surface area is 137 Å². The fraction of sp³-hybridized carbons (Fsp3) is 0.375. The molecule has 0 fully saturated rings. The van der Waals surface area contributed by atoms with Gasteiger partial charge in [0.15, 0.2) is 0 Å². The van der Waals surface area contributed by atoms with Gasteiger partial charge in [-0.25, -0.2) is 4.39 Å². The molecule has 0 spiro atoms. The Kier molecular flexibility index (Phi) is 5.48. The SMILES string of the molecule is Cc1n[nH]c(C)c1[C@@H](C)C(=O)NCc1c(F)cccc1OC(F)F. The van der Waals surface area contributed by atoms with Crippen molar-refractivity contribution in [1.29, 1.82) is 0 Å². The van der Waals surface area contributed by atoms with E-state index in [1.54, 1.807) is 20.8 Å². The third-order valence-corrected chi connectivity index (χ3v) is 3.74. The van der Waals surface area contributed by atoms with Gasteiger partial charge < -0.3 is 10.1 Å². The molecular weight excluding hydrogens is 323 g/mol. The molecule has 0 bridgehead atoms. The van der Waals surface area contributed by atoms with Gasteiger partial charge in [0, 0.05) is 23.4 Å². The quantitative estimate of drug-likeness (QED) is 0.848. The fourth-order valence-corrected chi connectivity index (χ4v) is 2.57. The molecule has 1 atom stereocenters. The Bertz CT molecular complexity index is 712. The van der Waals surface area contributed by atoms with Gasteiger partial charge in [0.1, 0.15) is 11.6 Å². The third-order valence-electron chi connectivity index (χ3n) is 3.74. The van der Waals surface area contributed by atoms with E-state index in [4.69, 9.17) is 0 Å². The summed E-state index contributed by atoms with van der Waals surface area (Å²) in [6, 6.07) is 3.61. The highest BCUT2D eigenvalue weighted by Crippen LogP contribution is 2.25. The van der Waals surface area contributed by atoms with Crippen molar-refractivity contribution >= 4 is 5.91 Å². The molecule has 1 amide bonds. The largest absolute Gasteiger partial charge is 0.434 e. The van der Waals surface area contributed by atoms with Gasteiger partial charge in [-0.2, -0.15) is 13.9 Å². The number of nitrogens with zero attached hydrogens (tertiary/aromatic N) is 1. The predicted octanol–water partition coefficient (Wildman–Crippen LogP) is 3.19. The van der Waals surface area contributed by atoms with Gasteiger partial charge >= 0.3 is 6.61 Å². The minimum atomic E-state index is -3.07. The van der Waals surface area contributed by atoms with Crippen LogP contribution >= 0.6 is 0 Å². The third kappa shape index (κ3) is 3.87. The lowest BCUT2D eigenvalue weighted by atomic mass is 9.98. The average Bonchev–Trinajstić information content (AvgIpc) is 2.84. The van der Waals surface area contributed by atoms with Crippen molar-refractivity contribution in [3.63, 3.8) is 0 Å². The number of halogens is 3. The maximum atomic E-state index is 13.9. The fourth-order valence-electron chi connectivity index (χ4n) is 2.57. The van der Waals surface area contributed by atoms with Crippen LogP contribution in [0.1, 0.15) is 35.4 Å². The summed E-state index contributed by atoms with van der Waals surface area (Å²) < 4.78 is 42.9. The second-order valence-electron chi connectivity index (χ2n) is 5.38. The van der Waals surface area contributed by atoms with E-state index < -0.39 is 18.3 Å². The summed E-state index contributed by atoms with van der Waals surface area (Å²) in [5.74, 6) is -1.91. The molecule has 1 aromatic heterocycles. The summed E-state index contributed by atoms with van der Waals surface area (Å²) in [5.41, 5.74) is 2.09. The van der Waals surface area contributed by atoms with Crippen molar-refractivity contribution in [3.8, 4) is 5.75 Å². The Hall–Kier alpha value is -2.51. The highest BCUT2D eigenvalue weighted by molar-refractivity contribution is 5.83. The van der Waals surface area contributed by atoms with Crippen LogP contribution in [-0.2, 0) is 11.3 Å². The van der Waals surface area contributed by atoms with Crippen molar-refractivity contribution in [1.82, 2.24) is 15.5 Å². The maximum absolute atomic E-state index is 13.9. The van der Waals surface area contributed by atoms with Crippen molar-refractivity contribution in [2.24, 2.45) is 0 Å². The molecule has 8 heteroatoms. The summed E-state index contributed by atoms with van der Waals surface area (Å²) in [6.45, 7) is 1.93. The standard InChI is InChI=1S/C16H18F3N3O2/c1-8(14-9(2)21-22-10(14)3)15(23)20-7-11-12(17)5-4-6-13(11)24-16(18)19/h4-6,8,16H,7H2,1-3H3,(H,20,23)(H,21,22)/t8-/m1/s1. The average molecular weight is 341 g/mol. The zero-order chi connectivity index (χ0) is 17.9. The molecule has 1 aromatic carbocycles. The number of H-pyrrole nitrogens is 1. The topological polar surface area (TPSA) is 67.0 Å². The number of alkyl halides is 2. The number of aromatic nitrogens is 2. The van der Waals surface area contributed by atoms with E-state index in [1.807, 2.05) is 0 Å². The molecule has 0 aliphatic rings. The van der Waals surface area contributed by atoms with E-state index in [1.165, 1.54) is 12.1 Å². The number of rotatable bonds is 6. The van der Waals surface area contributed by atoms with E-state index in [0.717, 1.165) is 17.3 Å². The van der Waals surface area contributed by atoms with Crippen LogP contribution in [0.4, 0.5) is 13.2 Å². The molecule has 0 radical (unpaired) electrons.